The van der Waals surface area contributed by atoms with Crippen molar-refractivity contribution in [3.63, 3.8) is 0 Å². The average Bonchev–Trinajstić information content (AvgIpc) is 2.91. The molecule has 0 saturated heterocycles. The molecule has 0 aliphatic heterocycles. The number of fused-ring (bicyclic) bond motifs is 1. The summed E-state index contributed by atoms with van der Waals surface area (Å²) in [6, 6.07) is 7.63. The van der Waals surface area contributed by atoms with Gasteiger partial charge in [-0.3, -0.25) is 0 Å². The minimum atomic E-state index is 0.425. The number of hydrogen-bond donors (Lipinski definition) is 0. The van der Waals surface area contributed by atoms with E-state index in [1.807, 2.05) is 31.2 Å². The van der Waals surface area contributed by atoms with E-state index in [0.717, 1.165) is 41.6 Å². The lowest BCUT2D eigenvalue weighted by Gasteiger charge is -2.19. The summed E-state index contributed by atoms with van der Waals surface area (Å²) in [6.07, 6.45) is 5.35. The Morgan fingerprint density at radius 3 is 2.92 bits per heavy atom. The van der Waals surface area contributed by atoms with Crippen LogP contribution in [0.5, 0.6) is 11.5 Å². The molecule has 24 heavy (non-hydrogen) atoms. The van der Waals surface area contributed by atoms with Crippen molar-refractivity contribution >= 4 is 6.08 Å². The fourth-order valence-corrected chi connectivity index (χ4v) is 3.07. The van der Waals surface area contributed by atoms with E-state index in [-0.39, 0.29) is 0 Å². The van der Waals surface area contributed by atoms with Crippen LogP contribution >= 0.6 is 0 Å². The van der Waals surface area contributed by atoms with Crippen LogP contribution < -0.4 is 9.47 Å². The Hall–Kier alpha value is -2.49. The van der Waals surface area contributed by atoms with Gasteiger partial charge in [0.25, 0.3) is 0 Å². The molecule has 2 aromatic rings. The molecular weight excluding hydrogens is 300 g/mol. The first-order chi connectivity index (χ1) is 11.6. The predicted molar refractivity (Wildman–Crippen MR) is 96.4 cm³/mol. The number of benzene rings is 1. The first-order valence-corrected chi connectivity index (χ1v) is 8.25. The van der Waals surface area contributed by atoms with Crippen molar-refractivity contribution in [1.29, 1.82) is 0 Å². The van der Waals surface area contributed by atoms with Crippen molar-refractivity contribution in [2.24, 2.45) is 0 Å². The summed E-state index contributed by atoms with van der Waals surface area (Å²) in [4.78, 5) is 4.79. The molecule has 1 aliphatic carbocycles. The second-order valence-corrected chi connectivity index (χ2v) is 6.35. The molecule has 0 radical (unpaired) electrons. The van der Waals surface area contributed by atoms with Gasteiger partial charge in [-0.25, -0.2) is 4.98 Å². The van der Waals surface area contributed by atoms with Crippen molar-refractivity contribution in [2.45, 2.75) is 39.3 Å². The monoisotopic (exact) mass is 324 g/mol. The average molecular weight is 324 g/mol. The molecule has 0 spiro atoms. The van der Waals surface area contributed by atoms with Gasteiger partial charge in [0.05, 0.1) is 12.8 Å². The topological polar surface area (TPSA) is 36.3 Å². The molecule has 4 nitrogen and oxygen atoms in total. The van der Waals surface area contributed by atoms with E-state index < -0.39 is 0 Å². The quantitative estimate of drug-likeness (QED) is 0.730. The highest BCUT2D eigenvalue weighted by atomic mass is 16.5. The summed E-state index contributed by atoms with van der Waals surface area (Å²) in [7, 11) is 1.65. The lowest BCUT2D eigenvalue weighted by atomic mass is 9.96. The molecule has 0 fully saturated rings. The van der Waals surface area contributed by atoms with Gasteiger partial charge < -0.3 is 14.0 Å². The molecule has 1 atom stereocenters. The molecule has 1 aliphatic rings. The van der Waals surface area contributed by atoms with Crippen LogP contribution in [-0.4, -0.2) is 16.7 Å². The Morgan fingerprint density at radius 1 is 1.38 bits per heavy atom. The van der Waals surface area contributed by atoms with Gasteiger partial charge in [0.1, 0.15) is 23.9 Å². The lowest BCUT2D eigenvalue weighted by molar-refractivity contribution is 0.287. The fourth-order valence-electron chi connectivity index (χ4n) is 3.07. The number of imidazole rings is 1. The Labute approximate surface area is 143 Å². The number of rotatable bonds is 6. The van der Waals surface area contributed by atoms with E-state index in [0.29, 0.717) is 12.5 Å². The highest BCUT2D eigenvalue weighted by Gasteiger charge is 2.22. The van der Waals surface area contributed by atoms with E-state index in [4.69, 9.17) is 14.5 Å². The standard InChI is InChI=1S/C20H24N2O2/c1-14(2)12-22-19(21-18-10-5-7-15(3)20(18)22)13-24-17-9-6-8-16(11-17)23-4/h5-6,8-11,15H,1,7,12-13H2,2-4H3. The number of nitrogens with zero attached hydrogens (tertiary/aromatic N) is 2. The molecule has 4 heteroatoms. The van der Waals surface area contributed by atoms with Crippen molar-refractivity contribution in [3.05, 3.63) is 59.7 Å². The summed E-state index contributed by atoms with van der Waals surface area (Å²) < 4.78 is 13.5. The van der Waals surface area contributed by atoms with Gasteiger partial charge in [-0.2, -0.15) is 0 Å². The SMILES string of the molecule is C=C(C)Cn1c(COc2cccc(OC)c2)nc2c1C(C)CC=C2. The molecule has 126 valence electrons. The van der Waals surface area contributed by atoms with Crippen LogP contribution in [0.15, 0.2) is 42.5 Å². The number of methoxy groups -OCH3 is 1. The zero-order chi connectivity index (χ0) is 17.1. The molecule has 3 rings (SSSR count). The summed E-state index contributed by atoms with van der Waals surface area (Å²) in [6.45, 7) is 9.55. The maximum atomic E-state index is 5.95. The van der Waals surface area contributed by atoms with E-state index in [9.17, 15) is 0 Å². The normalized spacial score (nSPS) is 15.9. The molecule has 0 amide bonds. The van der Waals surface area contributed by atoms with Crippen molar-refractivity contribution < 1.29 is 9.47 Å². The molecule has 1 aromatic heterocycles. The van der Waals surface area contributed by atoms with Crippen LogP contribution in [-0.2, 0) is 13.2 Å². The zero-order valence-electron chi connectivity index (χ0n) is 14.6. The number of allylic oxidation sites excluding steroid dienone is 2. The van der Waals surface area contributed by atoms with Crippen molar-refractivity contribution in [3.8, 4) is 11.5 Å². The second-order valence-electron chi connectivity index (χ2n) is 6.35. The Balaban J connectivity index is 1.87. The summed E-state index contributed by atoms with van der Waals surface area (Å²) in [5.41, 5.74) is 3.45. The number of ether oxygens (including phenoxy) is 2. The number of aromatic nitrogens is 2. The van der Waals surface area contributed by atoms with Gasteiger partial charge >= 0.3 is 0 Å². The molecular formula is C20H24N2O2. The smallest absolute Gasteiger partial charge is 0.148 e. The predicted octanol–water partition coefficient (Wildman–Crippen LogP) is 4.57. The van der Waals surface area contributed by atoms with Crippen molar-refractivity contribution in [1.82, 2.24) is 9.55 Å². The first-order valence-electron chi connectivity index (χ1n) is 8.25. The van der Waals surface area contributed by atoms with Crippen LogP contribution in [0.2, 0.25) is 0 Å². The fraction of sp³-hybridized carbons (Fsp3) is 0.350. The van der Waals surface area contributed by atoms with Crippen molar-refractivity contribution in [2.75, 3.05) is 7.11 Å². The highest BCUT2D eigenvalue weighted by Crippen LogP contribution is 2.31. The number of hydrogen-bond acceptors (Lipinski definition) is 3. The molecule has 0 bridgehead atoms. The Kier molecular flexibility index (Phi) is 4.74. The third-order valence-corrected chi connectivity index (χ3v) is 4.18. The molecule has 0 saturated carbocycles. The summed E-state index contributed by atoms with van der Waals surface area (Å²) in [5.74, 6) is 2.96. The van der Waals surface area contributed by atoms with Gasteiger partial charge in [-0.1, -0.05) is 31.2 Å². The highest BCUT2D eigenvalue weighted by molar-refractivity contribution is 5.52. The molecule has 1 unspecified atom stereocenters. The summed E-state index contributed by atoms with van der Waals surface area (Å²) >= 11 is 0. The van der Waals surface area contributed by atoms with Gasteiger partial charge in [0.2, 0.25) is 0 Å². The van der Waals surface area contributed by atoms with E-state index in [2.05, 4.69) is 30.2 Å². The summed E-state index contributed by atoms with van der Waals surface area (Å²) in [5, 5.41) is 0. The van der Waals surface area contributed by atoms with Gasteiger partial charge in [-0.05, 0) is 31.6 Å². The maximum Gasteiger partial charge on any atom is 0.148 e. The van der Waals surface area contributed by atoms with Crippen LogP contribution in [0.25, 0.3) is 6.08 Å². The van der Waals surface area contributed by atoms with Crippen LogP contribution in [0.4, 0.5) is 0 Å². The lowest BCUT2D eigenvalue weighted by Crippen LogP contribution is -2.13. The van der Waals surface area contributed by atoms with E-state index in [1.165, 1.54) is 5.69 Å². The van der Waals surface area contributed by atoms with Crippen LogP contribution in [0, 0.1) is 0 Å². The van der Waals surface area contributed by atoms with Crippen LogP contribution in [0.1, 0.15) is 43.4 Å². The molecule has 1 aromatic carbocycles. The van der Waals surface area contributed by atoms with Crippen LogP contribution in [0.3, 0.4) is 0 Å². The zero-order valence-corrected chi connectivity index (χ0v) is 14.6. The minimum absolute atomic E-state index is 0.425. The Morgan fingerprint density at radius 2 is 2.17 bits per heavy atom. The molecule has 1 heterocycles. The van der Waals surface area contributed by atoms with Gasteiger partial charge in [0, 0.05) is 24.2 Å². The minimum Gasteiger partial charge on any atom is -0.497 e. The van der Waals surface area contributed by atoms with Gasteiger partial charge in [-0.15, -0.1) is 0 Å². The third kappa shape index (κ3) is 3.37. The van der Waals surface area contributed by atoms with E-state index in [1.54, 1.807) is 7.11 Å². The van der Waals surface area contributed by atoms with E-state index >= 15 is 0 Å². The Bertz CT molecular complexity index is 774. The molecule has 0 N–H and O–H groups in total. The third-order valence-electron chi connectivity index (χ3n) is 4.18. The first kappa shape index (κ1) is 16.4. The maximum absolute atomic E-state index is 5.95. The largest absolute Gasteiger partial charge is 0.497 e. The van der Waals surface area contributed by atoms with Gasteiger partial charge in [0.15, 0.2) is 0 Å². The second kappa shape index (κ2) is 6.95.